The highest BCUT2D eigenvalue weighted by Gasteiger charge is 2.51. The van der Waals surface area contributed by atoms with Gasteiger partial charge in [-0.1, -0.05) is 170 Å². The normalized spacial score (nSPS) is 14.0. The highest BCUT2D eigenvalue weighted by atomic mass is 16.5. The summed E-state index contributed by atoms with van der Waals surface area (Å²) < 4.78 is 13.8. The molecule has 1 spiro atoms. The molecule has 278 valence electrons. The van der Waals surface area contributed by atoms with Crippen LogP contribution in [0.15, 0.2) is 217 Å². The first-order valence-corrected chi connectivity index (χ1v) is 20.3. The summed E-state index contributed by atoms with van der Waals surface area (Å²) in [6.07, 6.45) is 7.36. The van der Waals surface area contributed by atoms with E-state index in [0.29, 0.717) is 0 Å². The Morgan fingerprint density at radius 1 is 0.475 bits per heavy atom. The SMILES string of the molecule is C1=CCc2c(oc3ccccc23)C(N(c2ccc(-c3ccccc3)cc2)c2cccc(-c3cccc4c3Oc3ccccc3C43c4ccccc4-c4ccccc43)c2)=C1. The quantitative estimate of drug-likeness (QED) is 0.175. The standard InChI is InChI=1S/C56H37NO2/c1-2-16-37(17-3-1)38-32-34-40(35-33-38)57(51-29-11-6-23-46-45-22-7-12-30-52(45)58-55(46)51)41-19-14-18-39(36-41)42-24-15-28-50-54(42)59-53-31-13-10-27-49(53)56(50)47-25-8-4-20-43(47)44-21-5-9-26-48(44)56/h1-22,24-36H,23H2. The summed E-state index contributed by atoms with van der Waals surface area (Å²) in [5, 5.41) is 1.14. The predicted octanol–water partition coefficient (Wildman–Crippen LogP) is 14.5. The van der Waals surface area contributed by atoms with Crippen molar-refractivity contribution >= 4 is 28.0 Å². The van der Waals surface area contributed by atoms with Crippen molar-refractivity contribution in [2.75, 3.05) is 4.90 Å². The molecule has 0 N–H and O–H groups in total. The number of benzene rings is 8. The molecule has 0 atom stereocenters. The highest BCUT2D eigenvalue weighted by molar-refractivity contribution is 5.96. The third-order valence-corrected chi connectivity index (χ3v) is 12.4. The second kappa shape index (κ2) is 13.2. The Bertz CT molecular complexity index is 3120. The molecule has 59 heavy (non-hydrogen) atoms. The molecule has 0 amide bonds. The Morgan fingerprint density at radius 2 is 1.10 bits per heavy atom. The lowest BCUT2D eigenvalue weighted by atomic mass is 9.65. The first kappa shape index (κ1) is 33.5. The predicted molar refractivity (Wildman–Crippen MR) is 240 cm³/mol. The molecule has 1 aromatic heterocycles. The summed E-state index contributed by atoms with van der Waals surface area (Å²) >= 11 is 0. The molecule has 0 saturated heterocycles. The summed E-state index contributed by atoms with van der Waals surface area (Å²) in [5.74, 6) is 2.64. The minimum Gasteiger partial charge on any atom is -0.456 e. The average Bonchev–Trinajstić information content (AvgIpc) is 3.73. The van der Waals surface area contributed by atoms with Gasteiger partial charge in [0.1, 0.15) is 17.1 Å². The number of hydrogen-bond donors (Lipinski definition) is 0. The molecular weight excluding hydrogens is 719 g/mol. The van der Waals surface area contributed by atoms with Gasteiger partial charge in [0.25, 0.3) is 0 Å². The van der Waals surface area contributed by atoms with Crippen LogP contribution >= 0.6 is 0 Å². The van der Waals surface area contributed by atoms with E-state index in [1.165, 1.54) is 38.9 Å². The van der Waals surface area contributed by atoms with Crippen LogP contribution in [0.1, 0.15) is 33.6 Å². The smallest absolute Gasteiger partial charge is 0.155 e. The van der Waals surface area contributed by atoms with E-state index in [2.05, 4.69) is 211 Å². The van der Waals surface area contributed by atoms with E-state index in [-0.39, 0.29) is 0 Å². The first-order chi connectivity index (χ1) is 29.3. The molecule has 9 aromatic rings. The largest absolute Gasteiger partial charge is 0.456 e. The third kappa shape index (κ3) is 5.01. The van der Waals surface area contributed by atoms with Crippen LogP contribution in [0.25, 0.3) is 50.0 Å². The van der Waals surface area contributed by atoms with E-state index < -0.39 is 5.41 Å². The third-order valence-electron chi connectivity index (χ3n) is 12.4. The van der Waals surface area contributed by atoms with Crippen LogP contribution < -0.4 is 9.64 Å². The van der Waals surface area contributed by atoms with E-state index in [4.69, 9.17) is 9.15 Å². The molecule has 8 aromatic carbocycles. The molecule has 3 heteroatoms. The van der Waals surface area contributed by atoms with Crippen LogP contribution in [0.3, 0.4) is 0 Å². The van der Waals surface area contributed by atoms with Crippen molar-refractivity contribution < 1.29 is 9.15 Å². The Hall–Kier alpha value is -7.62. The van der Waals surface area contributed by atoms with Crippen molar-refractivity contribution in [1.29, 1.82) is 0 Å². The number of anilines is 2. The van der Waals surface area contributed by atoms with E-state index in [0.717, 1.165) is 74.0 Å². The van der Waals surface area contributed by atoms with Gasteiger partial charge < -0.3 is 14.1 Å². The second-order valence-electron chi connectivity index (χ2n) is 15.5. The van der Waals surface area contributed by atoms with Gasteiger partial charge in [0, 0.05) is 39.0 Å². The van der Waals surface area contributed by atoms with E-state index in [1.54, 1.807) is 0 Å². The van der Waals surface area contributed by atoms with Crippen molar-refractivity contribution in [3.8, 4) is 44.9 Å². The zero-order valence-electron chi connectivity index (χ0n) is 32.2. The lowest BCUT2D eigenvalue weighted by Crippen LogP contribution is -2.32. The average molecular weight is 756 g/mol. The minimum atomic E-state index is -0.535. The van der Waals surface area contributed by atoms with Gasteiger partial charge in [-0.05, 0) is 87.8 Å². The minimum absolute atomic E-state index is 0.535. The van der Waals surface area contributed by atoms with Gasteiger partial charge in [0.15, 0.2) is 5.76 Å². The van der Waals surface area contributed by atoms with Gasteiger partial charge in [-0.25, -0.2) is 0 Å². The molecular formula is C56H37NO2. The molecule has 1 aliphatic heterocycles. The fourth-order valence-corrected chi connectivity index (χ4v) is 9.88. The summed E-state index contributed by atoms with van der Waals surface area (Å²) in [7, 11) is 0. The number of para-hydroxylation sites is 3. The van der Waals surface area contributed by atoms with Crippen molar-refractivity contribution in [3.05, 3.63) is 246 Å². The first-order valence-electron chi connectivity index (χ1n) is 20.3. The van der Waals surface area contributed by atoms with Crippen molar-refractivity contribution in [1.82, 2.24) is 0 Å². The number of nitrogens with zero attached hydrogens (tertiary/aromatic N) is 1. The molecule has 12 rings (SSSR count). The van der Waals surface area contributed by atoms with Crippen molar-refractivity contribution in [2.45, 2.75) is 11.8 Å². The number of allylic oxidation sites excluding steroid dienone is 3. The van der Waals surface area contributed by atoms with Crippen molar-refractivity contribution in [3.63, 3.8) is 0 Å². The maximum Gasteiger partial charge on any atom is 0.155 e. The summed E-state index contributed by atoms with van der Waals surface area (Å²) in [5.41, 5.74) is 16.4. The van der Waals surface area contributed by atoms with Gasteiger partial charge >= 0.3 is 0 Å². The number of rotatable bonds is 5. The maximum absolute atomic E-state index is 7.08. The van der Waals surface area contributed by atoms with E-state index >= 15 is 0 Å². The van der Waals surface area contributed by atoms with Crippen LogP contribution in [-0.2, 0) is 11.8 Å². The fourth-order valence-electron chi connectivity index (χ4n) is 9.88. The zero-order chi connectivity index (χ0) is 38.9. The molecule has 0 fully saturated rings. The van der Waals surface area contributed by atoms with Crippen LogP contribution in [0, 0.1) is 0 Å². The zero-order valence-corrected chi connectivity index (χ0v) is 32.2. The Balaban J connectivity index is 1.06. The van der Waals surface area contributed by atoms with Crippen molar-refractivity contribution in [2.24, 2.45) is 0 Å². The summed E-state index contributed by atoms with van der Waals surface area (Å²) in [6, 6.07) is 69.7. The molecule has 0 bridgehead atoms. The van der Waals surface area contributed by atoms with Gasteiger partial charge in [-0.3, -0.25) is 0 Å². The van der Waals surface area contributed by atoms with Crippen LogP contribution in [0.5, 0.6) is 11.5 Å². The fraction of sp³-hybridized carbons (Fsp3) is 0.0357. The van der Waals surface area contributed by atoms with Gasteiger partial charge in [0.2, 0.25) is 0 Å². The topological polar surface area (TPSA) is 25.6 Å². The van der Waals surface area contributed by atoms with Crippen LogP contribution in [-0.4, -0.2) is 0 Å². The Kier molecular flexibility index (Phi) is 7.51. The Morgan fingerprint density at radius 3 is 1.92 bits per heavy atom. The molecule has 3 nitrogen and oxygen atoms in total. The van der Waals surface area contributed by atoms with Crippen LogP contribution in [0.2, 0.25) is 0 Å². The van der Waals surface area contributed by atoms with Gasteiger partial charge in [-0.2, -0.15) is 0 Å². The van der Waals surface area contributed by atoms with E-state index in [1.807, 2.05) is 6.07 Å². The molecule has 0 radical (unpaired) electrons. The number of fused-ring (bicyclic) bond motifs is 12. The number of furan rings is 1. The Labute approximate surface area is 343 Å². The van der Waals surface area contributed by atoms with Crippen LogP contribution in [0.4, 0.5) is 11.4 Å². The second-order valence-corrected chi connectivity index (χ2v) is 15.5. The lowest BCUT2D eigenvalue weighted by Gasteiger charge is -2.40. The highest BCUT2D eigenvalue weighted by Crippen LogP contribution is 2.63. The summed E-state index contributed by atoms with van der Waals surface area (Å²) in [4.78, 5) is 2.34. The van der Waals surface area contributed by atoms with Gasteiger partial charge in [-0.15, -0.1) is 0 Å². The lowest BCUT2D eigenvalue weighted by molar-refractivity contribution is 0.438. The maximum atomic E-state index is 7.08. The number of ether oxygens (including phenoxy) is 1. The molecule has 2 aliphatic carbocycles. The molecule has 3 aliphatic rings. The number of hydrogen-bond acceptors (Lipinski definition) is 3. The summed E-state index contributed by atoms with van der Waals surface area (Å²) in [6.45, 7) is 0. The van der Waals surface area contributed by atoms with E-state index in [9.17, 15) is 0 Å². The molecule has 2 heterocycles. The van der Waals surface area contributed by atoms with Gasteiger partial charge in [0.05, 0.1) is 11.1 Å². The molecule has 0 unspecified atom stereocenters. The molecule has 0 saturated carbocycles. The monoisotopic (exact) mass is 755 g/mol.